The van der Waals surface area contributed by atoms with Crippen molar-refractivity contribution in [1.82, 2.24) is 5.32 Å². The number of alkyl halides is 3. The molecule has 1 aliphatic heterocycles. The molecule has 0 spiro atoms. The fourth-order valence-corrected chi connectivity index (χ4v) is 2.25. The highest BCUT2D eigenvalue weighted by Crippen LogP contribution is 2.33. The fraction of sp³-hybridized carbons (Fsp3) is 0.571. The summed E-state index contributed by atoms with van der Waals surface area (Å²) >= 11 is 0. The summed E-state index contributed by atoms with van der Waals surface area (Å²) in [4.78, 5) is 0. The monoisotopic (exact) mass is 309 g/mol. The van der Waals surface area contributed by atoms with Gasteiger partial charge >= 0.3 is 6.18 Å². The van der Waals surface area contributed by atoms with Crippen LogP contribution in [-0.4, -0.2) is 18.9 Å². The molecule has 1 aliphatic rings. The SMILES string of the molecule is CC1CNC(C)(Cc2ccccc2C(F)(F)F)OC1.Cl. The maximum atomic E-state index is 12.9. The van der Waals surface area contributed by atoms with E-state index in [0.717, 1.165) is 12.6 Å². The lowest BCUT2D eigenvalue weighted by Crippen LogP contribution is -2.53. The van der Waals surface area contributed by atoms with Gasteiger partial charge in [-0.05, 0) is 24.5 Å². The van der Waals surface area contributed by atoms with Gasteiger partial charge < -0.3 is 4.74 Å². The summed E-state index contributed by atoms with van der Waals surface area (Å²) in [6.45, 7) is 5.16. The first-order valence-electron chi connectivity index (χ1n) is 6.34. The Bertz CT molecular complexity index is 442. The number of hydrogen-bond acceptors (Lipinski definition) is 2. The van der Waals surface area contributed by atoms with E-state index in [1.54, 1.807) is 13.0 Å². The van der Waals surface area contributed by atoms with Gasteiger partial charge in [-0.15, -0.1) is 12.4 Å². The normalized spacial score (nSPS) is 26.9. The second-order valence-corrected chi connectivity index (χ2v) is 5.36. The molecule has 2 nitrogen and oxygen atoms in total. The molecule has 20 heavy (non-hydrogen) atoms. The highest BCUT2D eigenvalue weighted by Gasteiger charge is 2.36. The molecular formula is C14H19ClF3NO. The van der Waals surface area contributed by atoms with Gasteiger partial charge in [0.1, 0.15) is 5.72 Å². The van der Waals surface area contributed by atoms with Crippen molar-refractivity contribution in [3.63, 3.8) is 0 Å². The van der Waals surface area contributed by atoms with Gasteiger partial charge in [-0.2, -0.15) is 13.2 Å². The van der Waals surface area contributed by atoms with Crippen LogP contribution in [0.5, 0.6) is 0 Å². The largest absolute Gasteiger partial charge is 0.416 e. The molecule has 0 bridgehead atoms. The zero-order valence-electron chi connectivity index (χ0n) is 11.5. The smallest absolute Gasteiger partial charge is 0.360 e. The first-order valence-corrected chi connectivity index (χ1v) is 6.34. The van der Waals surface area contributed by atoms with E-state index in [-0.39, 0.29) is 24.4 Å². The van der Waals surface area contributed by atoms with Gasteiger partial charge in [0.05, 0.1) is 12.2 Å². The minimum Gasteiger partial charge on any atom is -0.360 e. The first-order chi connectivity index (χ1) is 8.80. The molecule has 1 aromatic rings. The molecule has 0 saturated carbocycles. The molecule has 0 aliphatic carbocycles. The van der Waals surface area contributed by atoms with Crippen molar-refractivity contribution >= 4 is 12.4 Å². The van der Waals surface area contributed by atoms with Crippen LogP contribution >= 0.6 is 12.4 Å². The number of halogens is 4. The van der Waals surface area contributed by atoms with E-state index in [2.05, 4.69) is 5.32 Å². The predicted molar refractivity (Wildman–Crippen MR) is 73.9 cm³/mol. The molecule has 0 aromatic heterocycles. The number of ether oxygens (including phenoxy) is 1. The second kappa shape index (κ2) is 6.33. The topological polar surface area (TPSA) is 21.3 Å². The molecule has 1 heterocycles. The van der Waals surface area contributed by atoms with Crippen molar-refractivity contribution in [2.75, 3.05) is 13.2 Å². The van der Waals surface area contributed by atoms with Crippen LogP contribution in [0.4, 0.5) is 13.2 Å². The highest BCUT2D eigenvalue weighted by molar-refractivity contribution is 5.85. The molecule has 6 heteroatoms. The van der Waals surface area contributed by atoms with E-state index in [9.17, 15) is 13.2 Å². The molecule has 2 unspecified atom stereocenters. The summed E-state index contributed by atoms with van der Waals surface area (Å²) in [5.74, 6) is 0.380. The Morgan fingerprint density at radius 1 is 1.35 bits per heavy atom. The minimum atomic E-state index is -4.32. The zero-order valence-corrected chi connectivity index (χ0v) is 12.3. The van der Waals surface area contributed by atoms with E-state index >= 15 is 0 Å². The van der Waals surface area contributed by atoms with Crippen molar-refractivity contribution in [1.29, 1.82) is 0 Å². The lowest BCUT2D eigenvalue weighted by atomic mass is 9.96. The van der Waals surface area contributed by atoms with Gasteiger partial charge in [0, 0.05) is 13.0 Å². The third kappa shape index (κ3) is 4.11. The Morgan fingerprint density at radius 3 is 2.55 bits per heavy atom. The Balaban J connectivity index is 0.00000200. The number of rotatable bonds is 2. The summed E-state index contributed by atoms with van der Waals surface area (Å²) in [6.07, 6.45) is -4.12. The number of nitrogens with one attached hydrogen (secondary N) is 1. The maximum Gasteiger partial charge on any atom is 0.416 e. The van der Waals surface area contributed by atoms with Crippen molar-refractivity contribution < 1.29 is 17.9 Å². The maximum absolute atomic E-state index is 12.9. The van der Waals surface area contributed by atoms with E-state index < -0.39 is 17.5 Å². The van der Waals surface area contributed by atoms with Gasteiger partial charge in [-0.1, -0.05) is 25.1 Å². The Hall–Kier alpha value is -0.780. The highest BCUT2D eigenvalue weighted by atomic mass is 35.5. The van der Waals surface area contributed by atoms with Crippen LogP contribution in [0.1, 0.15) is 25.0 Å². The standard InChI is InChI=1S/C14H18F3NO.ClH/c1-10-8-18-13(2,19-9-10)7-11-5-3-4-6-12(11)14(15,16)17;/h3-6,10,18H,7-9H2,1-2H3;1H. The molecule has 0 amide bonds. The second-order valence-electron chi connectivity index (χ2n) is 5.36. The Kier molecular flexibility index (Phi) is 5.46. The van der Waals surface area contributed by atoms with Crippen LogP contribution in [0.15, 0.2) is 24.3 Å². The quantitative estimate of drug-likeness (QED) is 0.900. The summed E-state index contributed by atoms with van der Waals surface area (Å²) in [7, 11) is 0. The zero-order chi connectivity index (χ0) is 14.1. The van der Waals surface area contributed by atoms with Gasteiger partial charge in [-0.3, -0.25) is 5.32 Å². The minimum absolute atomic E-state index is 0. The fourth-order valence-electron chi connectivity index (χ4n) is 2.25. The van der Waals surface area contributed by atoms with E-state index in [1.807, 2.05) is 6.92 Å². The van der Waals surface area contributed by atoms with Crippen molar-refractivity contribution in [3.05, 3.63) is 35.4 Å². The van der Waals surface area contributed by atoms with Gasteiger partial charge in [0.2, 0.25) is 0 Å². The molecule has 2 rings (SSSR count). The van der Waals surface area contributed by atoms with Crippen LogP contribution in [0.25, 0.3) is 0 Å². The number of benzene rings is 1. The third-order valence-electron chi connectivity index (χ3n) is 3.36. The molecule has 1 fully saturated rings. The van der Waals surface area contributed by atoms with Crippen molar-refractivity contribution in [2.45, 2.75) is 32.2 Å². The molecule has 1 saturated heterocycles. The molecule has 114 valence electrons. The predicted octanol–water partition coefficient (Wildman–Crippen LogP) is 3.64. The first kappa shape index (κ1) is 17.3. The van der Waals surface area contributed by atoms with Crippen LogP contribution in [0.3, 0.4) is 0 Å². The molecular weight excluding hydrogens is 291 g/mol. The van der Waals surface area contributed by atoms with E-state index in [0.29, 0.717) is 12.5 Å². The Labute approximate surface area is 123 Å². The van der Waals surface area contributed by atoms with Crippen molar-refractivity contribution in [3.8, 4) is 0 Å². The van der Waals surface area contributed by atoms with Crippen LogP contribution in [0.2, 0.25) is 0 Å². The summed E-state index contributed by atoms with van der Waals surface area (Å²) in [5.41, 5.74) is -1.05. The van der Waals surface area contributed by atoms with Crippen LogP contribution in [0, 0.1) is 5.92 Å². The average molecular weight is 310 g/mol. The third-order valence-corrected chi connectivity index (χ3v) is 3.36. The van der Waals surface area contributed by atoms with Gasteiger partial charge in [0.25, 0.3) is 0 Å². The van der Waals surface area contributed by atoms with Gasteiger partial charge in [-0.25, -0.2) is 0 Å². The Morgan fingerprint density at radius 2 is 2.00 bits per heavy atom. The molecule has 0 radical (unpaired) electrons. The lowest BCUT2D eigenvalue weighted by Gasteiger charge is -2.38. The van der Waals surface area contributed by atoms with Gasteiger partial charge in [0.15, 0.2) is 0 Å². The number of hydrogen-bond donors (Lipinski definition) is 1. The van der Waals surface area contributed by atoms with Crippen LogP contribution in [-0.2, 0) is 17.3 Å². The molecule has 1 aromatic carbocycles. The van der Waals surface area contributed by atoms with Crippen LogP contribution < -0.4 is 5.32 Å². The van der Waals surface area contributed by atoms with E-state index in [1.165, 1.54) is 12.1 Å². The van der Waals surface area contributed by atoms with E-state index in [4.69, 9.17) is 4.74 Å². The molecule has 1 N–H and O–H groups in total. The van der Waals surface area contributed by atoms with Crippen molar-refractivity contribution in [2.24, 2.45) is 5.92 Å². The summed E-state index contributed by atoms with van der Waals surface area (Å²) in [5, 5.41) is 3.18. The summed E-state index contributed by atoms with van der Waals surface area (Å²) < 4.78 is 44.5. The summed E-state index contributed by atoms with van der Waals surface area (Å²) in [6, 6.07) is 5.66. The molecule has 2 atom stereocenters. The lowest BCUT2D eigenvalue weighted by molar-refractivity contribution is -0.139. The average Bonchev–Trinajstić information content (AvgIpc) is 2.33.